The van der Waals surface area contributed by atoms with Crippen LogP contribution in [0.3, 0.4) is 0 Å². The quantitative estimate of drug-likeness (QED) is 0.790. The maximum absolute atomic E-state index is 12.5. The second-order valence-corrected chi connectivity index (χ2v) is 5.82. The number of nitrogens with one attached hydrogen (secondary N) is 1. The molecule has 1 amide bonds. The van der Waals surface area contributed by atoms with Gasteiger partial charge >= 0.3 is 0 Å². The summed E-state index contributed by atoms with van der Waals surface area (Å²) in [5.41, 5.74) is 2.02. The molecular weight excluding hydrogens is 322 g/mol. The summed E-state index contributed by atoms with van der Waals surface area (Å²) in [6.07, 6.45) is 0. The summed E-state index contributed by atoms with van der Waals surface area (Å²) in [5.74, 6) is 2.66. The Morgan fingerprint density at radius 3 is 2.84 bits per heavy atom. The topological polar surface area (TPSA) is 78.5 Å². The number of aryl methyl sites for hydroxylation is 2. The van der Waals surface area contributed by atoms with Crippen molar-refractivity contribution in [3.63, 3.8) is 0 Å². The smallest absolute Gasteiger partial charge is 0.269 e. The highest BCUT2D eigenvalue weighted by Gasteiger charge is 2.17. The van der Waals surface area contributed by atoms with Crippen LogP contribution in [0.1, 0.15) is 21.8 Å². The fraction of sp³-hybridized carbons (Fsp3) is 0.222. The van der Waals surface area contributed by atoms with Gasteiger partial charge in [0, 0.05) is 19.7 Å². The molecule has 1 aliphatic rings. The Balaban J connectivity index is 1.47. The van der Waals surface area contributed by atoms with Gasteiger partial charge in [0.25, 0.3) is 5.91 Å². The monoisotopic (exact) mass is 339 g/mol. The predicted molar refractivity (Wildman–Crippen MR) is 89.4 cm³/mol. The summed E-state index contributed by atoms with van der Waals surface area (Å²) in [6, 6.07) is 11.0. The lowest BCUT2D eigenvalue weighted by molar-refractivity contribution is 0.0941. The van der Waals surface area contributed by atoms with Crippen LogP contribution in [0, 0.1) is 6.92 Å². The average Bonchev–Trinajstić information content (AvgIpc) is 3.31. The van der Waals surface area contributed by atoms with Crippen LogP contribution < -0.4 is 14.8 Å². The number of carbonyl (C=O) groups excluding carboxylic acids is 1. The Kier molecular flexibility index (Phi) is 3.68. The van der Waals surface area contributed by atoms with Crippen molar-refractivity contribution in [2.75, 3.05) is 6.79 Å². The molecule has 0 saturated carbocycles. The van der Waals surface area contributed by atoms with Gasteiger partial charge in [-0.15, -0.1) is 0 Å². The summed E-state index contributed by atoms with van der Waals surface area (Å²) in [4.78, 5) is 12.5. The molecule has 128 valence electrons. The number of furan rings is 1. The summed E-state index contributed by atoms with van der Waals surface area (Å²) >= 11 is 0. The largest absolute Gasteiger partial charge is 0.460 e. The first-order valence-corrected chi connectivity index (χ1v) is 7.88. The number of carbonyl (C=O) groups is 1. The molecule has 4 rings (SSSR count). The van der Waals surface area contributed by atoms with Crippen LogP contribution in [0.5, 0.6) is 11.5 Å². The van der Waals surface area contributed by atoms with E-state index in [2.05, 4.69) is 10.4 Å². The molecular formula is C18H17N3O4. The van der Waals surface area contributed by atoms with Crippen molar-refractivity contribution in [1.82, 2.24) is 15.1 Å². The number of amides is 1. The van der Waals surface area contributed by atoms with Gasteiger partial charge in [-0.3, -0.25) is 9.48 Å². The highest BCUT2D eigenvalue weighted by Crippen LogP contribution is 2.32. The number of fused-ring (bicyclic) bond motifs is 1. The lowest BCUT2D eigenvalue weighted by Crippen LogP contribution is -2.25. The number of rotatable bonds is 4. The maximum atomic E-state index is 12.5. The Hall–Kier alpha value is -3.22. The number of hydrogen-bond donors (Lipinski definition) is 1. The second kappa shape index (κ2) is 6.01. The minimum absolute atomic E-state index is 0.206. The third kappa shape index (κ3) is 2.96. The van der Waals surface area contributed by atoms with Crippen LogP contribution >= 0.6 is 0 Å². The third-order valence-electron chi connectivity index (χ3n) is 4.00. The first-order valence-electron chi connectivity index (χ1n) is 7.88. The molecule has 0 fully saturated rings. The normalized spacial score (nSPS) is 12.4. The number of benzene rings is 1. The highest BCUT2D eigenvalue weighted by atomic mass is 16.7. The van der Waals surface area contributed by atoms with Gasteiger partial charge in [0.1, 0.15) is 17.1 Å². The van der Waals surface area contributed by atoms with Gasteiger partial charge < -0.3 is 19.2 Å². The predicted octanol–water partition coefficient (Wildman–Crippen LogP) is 2.65. The van der Waals surface area contributed by atoms with E-state index in [-0.39, 0.29) is 12.7 Å². The first-order chi connectivity index (χ1) is 12.1. The zero-order valence-corrected chi connectivity index (χ0v) is 13.9. The van der Waals surface area contributed by atoms with Crippen molar-refractivity contribution in [2.45, 2.75) is 13.5 Å². The van der Waals surface area contributed by atoms with Crippen molar-refractivity contribution < 1.29 is 18.7 Å². The van der Waals surface area contributed by atoms with Crippen LogP contribution in [0.25, 0.3) is 11.5 Å². The number of ether oxygens (including phenoxy) is 2. The Bertz CT molecular complexity index is 942. The molecule has 0 radical (unpaired) electrons. The van der Waals surface area contributed by atoms with Crippen molar-refractivity contribution in [3.05, 3.63) is 53.4 Å². The summed E-state index contributed by atoms with van der Waals surface area (Å²) in [7, 11) is 1.73. The Labute approximate surface area is 144 Å². The summed E-state index contributed by atoms with van der Waals surface area (Å²) in [6.45, 7) is 2.48. The van der Waals surface area contributed by atoms with Crippen molar-refractivity contribution in [1.29, 1.82) is 0 Å². The van der Waals surface area contributed by atoms with E-state index in [4.69, 9.17) is 13.9 Å². The number of hydrogen-bond acceptors (Lipinski definition) is 5. The second-order valence-electron chi connectivity index (χ2n) is 5.82. The van der Waals surface area contributed by atoms with Crippen LogP contribution in [0.2, 0.25) is 0 Å². The summed E-state index contributed by atoms with van der Waals surface area (Å²) < 4.78 is 17.7. The lowest BCUT2D eigenvalue weighted by atomic mass is 10.2. The molecule has 1 aliphatic heterocycles. The molecule has 1 N–H and O–H groups in total. The molecule has 7 nitrogen and oxygen atoms in total. The Morgan fingerprint density at radius 1 is 1.20 bits per heavy atom. The minimum Gasteiger partial charge on any atom is -0.460 e. The zero-order valence-electron chi connectivity index (χ0n) is 13.9. The molecule has 2 aromatic heterocycles. The van der Waals surface area contributed by atoms with Gasteiger partial charge in [-0.25, -0.2) is 0 Å². The van der Waals surface area contributed by atoms with Crippen LogP contribution in [0.4, 0.5) is 0 Å². The number of aromatic nitrogens is 2. The van der Waals surface area contributed by atoms with E-state index in [9.17, 15) is 4.79 Å². The molecule has 25 heavy (non-hydrogen) atoms. The molecule has 3 aromatic rings. The molecule has 0 aliphatic carbocycles. The summed E-state index contributed by atoms with van der Waals surface area (Å²) in [5, 5.41) is 7.23. The van der Waals surface area contributed by atoms with Gasteiger partial charge in [-0.05, 0) is 36.8 Å². The highest BCUT2D eigenvalue weighted by molar-refractivity contribution is 5.93. The first kappa shape index (κ1) is 15.3. The standard InChI is InChI=1S/C18H17N3O4/c1-11-3-5-15(25-11)13-8-14(21(2)20-13)18(22)19-9-12-4-6-16-17(7-12)24-10-23-16/h3-8H,9-10H2,1-2H3,(H,19,22). The van der Waals surface area contributed by atoms with Gasteiger partial charge in [-0.1, -0.05) is 6.07 Å². The molecule has 3 heterocycles. The molecule has 0 unspecified atom stereocenters. The van der Waals surface area contributed by atoms with Crippen LogP contribution in [0.15, 0.2) is 40.8 Å². The molecule has 7 heteroatoms. The maximum Gasteiger partial charge on any atom is 0.269 e. The minimum atomic E-state index is -0.206. The molecule has 0 spiro atoms. The van der Waals surface area contributed by atoms with Crippen molar-refractivity contribution in [2.24, 2.45) is 7.05 Å². The SMILES string of the molecule is Cc1ccc(-c2cc(C(=O)NCc3ccc4c(c3)OCO4)n(C)n2)o1. The Morgan fingerprint density at radius 2 is 2.04 bits per heavy atom. The van der Waals surface area contributed by atoms with Crippen molar-refractivity contribution >= 4 is 5.91 Å². The zero-order chi connectivity index (χ0) is 17.4. The van der Waals surface area contributed by atoms with E-state index in [0.29, 0.717) is 29.4 Å². The fourth-order valence-electron chi connectivity index (χ4n) is 2.70. The van der Waals surface area contributed by atoms with Gasteiger partial charge in [0.15, 0.2) is 17.3 Å². The van der Waals surface area contributed by atoms with Crippen molar-refractivity contribution in [3.8, 4) is 23.0 Å². The van der Waals surface area contributed by atoms with Crippen LogP contribution in [-0.2, 0) is 13.6 Å². The number of nitrogens with zero attached hydrogens (tertiary/aromatic N) is 2. The fourth-order valence-corrected chi connectivity index (χ4v) is 2.70. The molecule has 0 atom stereocenters. The third-order valence-corrected chi connectivity index (χ3v) is 4.00. The van der Waals surface area contributed by atoms with E-state index in [1.54, 1.807) is 17.8 Å². The van der Waals surface area contributed by atoms with Gasteiger partial charge in [-0.2, -0.15) is 5.10 Å². The van der Waals surface area contributed by atoms with E-state index >= 15 is 0 Å². The molecule has 0 saturated heterocycles. The van der Waals surface area contributed by atoms with E-state index in [0.717, 1.165) is 17.1 Å². The van der Waals surface area contributed by atoms with Gasteiger partial charge in [0.05, 0.1) is 0 Å². The van der Waals surface area contributed by atoms with E-state index < -0.39 is 0 Å². The lowest BCUT2D eigenvalue weighted by Gasteiger charge is -2.06. The average molecular weight is 339 g/mol. The molecule has 0 bridgehead atoms. The van der Waals surface area contributed by atoms with Gasteiger partial charge in [0.2, 0.25) is 6.79 Å². The van der Waals surface area contributed by atoms with Crippen LogP contribution in [-0.4, -0.2) is 22.5 Å². The van der Waals surface area contributed by atoms with E-state index in [1.807, 2.05) is 37.3 Å². The van der Waals surface area contributed by atoms with E-state index in [1.165, 1.54) is 0 Å². The molecule has 1 aromatic carbocycles.